The molecule has 9 aromatic carbocycles. The van der Waals surface area contributed by atoms with Crippen LogP contribution in [-0.4, -0.2) is 9.97 Å². The Morgan fingerprint density at radius 1 is 0.340 bits per heavy atom. The molecule has 0 radical (unpaired) electrons. The Labute approximate surface area is 289 Å². The second kappa shape index (κ2) is 10.4. The summed E-state index contributed by atoms with van der Waals surface area (Å²) in [5.41, 5.74) is 10.5. The lowest BCUT2D eigenvalue weighted by molar-refractivity contribution is 1.19. The maximum Gasteiger partial charge on any atom is 0.159 e. The van der Waals surface area contributed by atoms with Gasteiger partial charge in [0.05, 0.1) is 5.69 Å². The molecule has 0 aliphatic heterocycles. The van der Waals surface area contributed by atoms with Crippen molar-refractivity contribution in [1.29, 1.82) is 0 Å². The van der Waals surface area contributed by atoms with Crippen LogP contribution in [0.25, 0.3) is 110 Å². The van der Waals surface area contributed by atoms with Gasteiger partial charge in [0.2, 0.25) is 0 Å². The predicted molar refractivity (Wildman–Crippen MR) is 210 cm³/mol. The van der Waals surface area contributed by atoms with Gasteiger partial charge in [-0.15, -0.1) is 0 Å². The highest BCUT2D eigenvalue weighted by atomic mass is 14.9. The van der Waals surface area contributed by atoms with E-state index in [0.29, 0.717) is 0 Å². The standard InChI is InChI=1S/C48H28N2/c1-2-10-33-26-36-27-35(24-23-34(36)25-32(33)9-1)46-39-15-5-3-13-37(39)44(38-14-4-6-16-40(38)46)30-19-21-31(22-20-30)48-49-28-43-41-17-7-11-29-12-8-18-42(45(29)41)47(43)50-48/h1-28H. The first kappa shape index (κ1) is 27.3. The second-order valence-electron chi connectivity index (χ2n) is 13.3. The van der Waals surface area contributed by atoms with Crippen molar-refractivity contribution >= 4 is 53.9 Å². The smallest absolute Gasteiger partial charge is 0.159 e. The highest BCUT2D eigenvalue weighted by Crippen LogP contribution is 2.47. The van der Waals surface area contributed by atoms with Crippen LogP contribution in [0, 0.1) is 0 Å². The van der Waals surface area contributed by atoms with Crippen molar-refractivity contribution in [3.05, 3.63) is 170 Å². The van der Waals surface area contributed by atoms with Gasteiger partial charge in [-0.3, -0.25) is 0 Å². The number of hydrogen-bond acceptors (Lipinski definition) is 2. The molecule has 0 saturated carbocycles. The van der Waals surface area contributed by atoms with Crippen LogP contribution >= 0.6 is 0 Å². The maximum absolute atomic E-state index is 5.14. The van der Waals surface area contributed by atoms with Gasteiger partial charge >= 0.3 is 0 Å². The summed E-state index contributed by atoms with van der Waals surface area (Å²) in [6.45, 7) is 0. The Kier molecular flexibility index (Phi) is 5.70. The molecule has 10 aromatic rings. The lowest BCUT2D eigenvalue weighted by atomic mass is 9.85. The van der Waals surface area contributed by atoms with Gasteiger partial charge in [-0.2, -0.15) is 0 Å². The van der Waals surface area contributed by atoms with Gasteiger partial charge in [-0.25, -0.2) is 9.97 Å². The largest absolute Gasteiger partial charge is 0.236 e. The molecule has 0 saturated heterocycles. The van der Waals surface area contributed by atoms with Gasteiger partial charge in [0.15, 0.2) is 5.82 Å². The summed E-state index contributed by atoms with van der Waals surface area (Å²) in [7, 11) is 0. The van der Waals surface area contributed by atoms with Gasteiger partial charge in [-0.05, 0) is 99.9 Å². The van der Waals surface area contributed by atoms with Gasteiger partial charge < -0.3 is 0 Å². The van der Waals surface area contributed by atoms with Crippen LogP contribution in [-0.2, 0) is 0 Å². The Bertz CT molecular complexity index is 2970. The van der Waals surface area contributed by atoms with Crippen molar-refractivity contribution in [2.75, 3.05) is 0 Å². The molecule has 0 amide bonds. The quantitative estimate of drug-likeness (QED) is 0.181. The SMILES string of the molecule is c1ccc2cc3cc(-c4c5ccccc5c(-c5ccc(-c6ncc7c(n6)-c6cccc8cccc-7c68)cc5)c5ccccc45)ccc3cc2c1. The van der Waals surface area contributed by atoms with Crippen LogP contribution in [0.4, 0.5) is 0 Å². The Morgan fingerprint density at radius 3 is 1.54 bits per heavy atom. The Hall–Kier alpha value is -6.64. The van der Waals surface area contributed by atoms with Crippen LogP contribution in [0.5, 0.6) is 0 Å². The van der Waals surface area contributed by atoms with Crippen LogP contribution < -0.4 is 0 Å². The molecule has 11 rings (SSSR count). The van der Waals surface area contributed by atoms with Crippen molar-refractivity contribution in [2.45, 2.75) is 0 Å². The minimum Gasteiger partial charge on any atom is -0.236 e. The number of hydrogen-bond donors (Lipinski definition) is 0. The number of fused-ring (bicyclic) bond motifs is 7. The van der Waals surface area contributed by atoms with E-state index in [0.717, 1.165) is 22.6 Å². The van der Waals surface area contributed by atoms with Gasteiger partial charge in [0.1, 0.15) is 0 Å². The first-order valence-corrected chi connectivity index (χ1v) is 17.2. The molecule has 0 bridgehead atoms. The number of benzene rings is 9. The number of aromatic nitrogens is 2. The molecule has 1 heterocycles. The first-order chi connectivity index (χ1) is 24.8. The van der Waals surface area contributed by atoms with Crippen LogP contribution in [0.15, 0.2) is 170 Å². The summed E-state index contributed by atoms with van der Waals surface area (Å²) in [5, 5.41) is 12.5. The molecule has 1 aliphatic carbocycles. The van der Waals surface area contributed by atoms with Gasteiger partial charge in [0.25, 0.3) is 0 Å². The van der Waals surface area contributed by atoms with E-state index >= 15 is 0 Å². The van der Waals surface area contributed by atoms with Gasteiger partial charge in [-0.1, -0.05) is 146 Å². The average molecular weight is 633 g/mol. The highest BCUT2D eigenvalue weighted by Gasteiger charge is 2.24. The molecule has 0 unspecified atom stereocenters. The molecule has 0 atom stereocenters. The van der Waals surface area contributed by atoms with Crippen molar-refractivity contribution in [3.63, 3.8) is 0 Å². The summed E-state index contributed by atoms with van der Waals surface area (Å²) >= 11 is 0. The number of rotatable bonds is 3. The van der Waals surface area contributed by atoms with E-state index in [1.165, 1.54) is 87.2 Å². The summed E-state index contributed by atoms with van der Waals surface area (Å²) in [6, 6.07) is 59.6. The van der Waals surface area contributed by atoms with E-state index in [-0.39, 0.29) is 0 Å². The lowest BCUT2D eigenvalue weighted by Crippen LogP contribution is -1.93. The zero-order chi connectivity index (χ0) is 32.8. The fourth-order valence-electron chi connectivity index (χ4n) is 8.32. The van der Waals surface area contributed by atoms with Crippen molar-refractivity contribution in [3.8, 4) is 56.0 Å². The van der Waals surface area contributed by atoms with Crippen molar-refractivity contribution < 1.29 is 0 Å². The van der Waals surface area contributed by atoms with Crippen LogP contribution in [0.1, 0.15) is 0 Å². The molecule has 0 spiro atoms. The molecule has 0 fully saturated rings. The zero-order valence-electron chi connectivity index (χ0n) is 27.1. The molecule has 0 N–H and O–H groups in total. The predicted octanol–water partition coefficient (Wildman–Crippen LogP) is 12.9. The third-order valence-corrected chi connectivity index (χ3v) is 10.6. The third-order valence-electron chi connectivity index (χ3n) is 10.6. The minimum atomic E-state index is 0.745. The number of nitrogens with zero attached hydrogens (tertiary/aromatic N) is 2. The van der Waals surface area contributed by atoms with Crippen molar-refractivity contribution in [2.24, 2.45) is 0 Å². The van der Waals surface area contributed by atoms with E-state index in [9.17, 15) is 0 Å². The zero-order valence-corrected chi connectivity index (χ0v) is 27.1. The van der Waals surface area contributed by atoms with E-state index in [2.05, 4.69) is 164 Å². The molecular formula is C48H28N2. The normalized spacial score (nSPS) is 12.0. The fraction of sp³-hybridized carbons (Fsp3) is 0. The summed E-state index contributed by atoms with van der Waals surface area (Å²) in [6.07, 6.45) is 2.00. The van der Waals surface area contributed by atoms with Crippen LogP contribution in [0.3, 0.4) is 0 Å². The minimum absolute atomic E-state index is 0.745. The molecule has 230 valence electrons. The van der Waals surface area contributed by atoms with Crippen LogP contribution in [0.2, 0.25) is 0 Å². The molecule has 2 nitrogen and oxygen atoms in total. The fourth-order valence-corrected chi connectivity index (χ4v) is 8.32. The summed E-state index contributed by atoms with van der Waals surface area (Å²) < 4.78 is 0. The Balaban J connectivity index is 1.06. The summed E-state index contributed by atoms with van der Waals surface area (Å²) in [4.78, 5) is 10.0. The Morgan fingerprint density at radius 2 is 0.860 bits per heavy atom. The maximum atomic E-state index is 5.14. The topological polar surface area (TPSA) is 25.8 Å². The van der Waals surface area contributed by atoms with E-state index in [1.54, 1.807) is 0 Å². The molecule has 50 heavy (non-hydrogen) atoms. The van der Waals surface area contributed by atoms with Crippen molar-refractivity contribution in [1.82, 2.24) is 9.97 Å². The molecule has 1 aromatic heterocycles. The van der Waals surface area contributed by atoms with E-state index in [4.69, 9.17) is 9.97 Å². The van der Waals surface area contributed by atoms with Gasteiger partial charge in [0, 0.05) is 22.9 Å². The van der Waals surface area contributed by atoms with E-state index < -0.39 is 0 Å². The average Bonchev–Trinajstić information content (AvgIpc) is 3.50. The van der Waals surface area contributed by atoms with E-state index in [1.807, 2.05) is 6.20 Å². The molecular weight excluding hydrogens is 605 g/mol. The first-order valence-electron chi connectivity index (χ1n) is 17.2. The monoisotopic (exact) mass is 632 g/mol. The molecule has 2 heteroatoms. The molecule has 1 aliphatic rings. The summed E-state index contributed by atoms with van der Waals surface area (Å²) in [5.74, 6) is 0.745. The highest BCUT2D eigenvalue weighted by molar-refractivity contribution is 6.22. The second-order valence-corrected chi connectivity index (χ2v) is 13.3. The third kappa shape index (κ3) is 3.96. The lowest BCUT2D eigenvalue weighted by Gasteiger charge is -2.18.